The molecule has 3 heterocycles. The van der Waals surface area contributed by atoms with Crippen molar-refractivity contribution in [2.45, 2.75) is 25.4 Å². The molecule has 2 aromatic carbocycles. The third-order valence-electron chi connectivity index (χ3n) is 7.45. The van der Waals surface area contributed by atoms with Gasteiger partial charge in [0.1, 0.15) is 11.5 Å². The lowest BCUT2D eigenvalue weighted by Crippen LogP contribution is -2.40. The van der Waals surface area contributed by atoms with Gasteiger partial charge in [-0.2, -0.15) is 5.10 Å². The number of hydrogen-bond acceptors (Lipinski definition) is 8. The predicted molar refractivity (Wildman–Crippen MR) is 157 cm³/mol. The van der Waals surface area contributed by atoms with E-state index in [0.717, 1.165) is 0 Å². The number of ether oxygens (including phenoxy) is 1. The van der Waals surface area contributed by atoms with E-state index < -0.39 is 5.56 Å². The summed E-state index contributed by atoms with van der Waals surface area (Å²) in [7, 11) is 0. The van der Waals surface area contributed by atoms with Crippen molar-refractivity contribution in [3.8, 4) is 11.3 Å². The summed E-state index contributed by atoms with van der Waals surface area (Å²) in [5.41, 5.74) is 3.72. The number of pyridine rings is 1. The molecule has 11 nitrogen and oxygen atoms in total. The molecule has 6 rings (SSSR count). The van der Waals surface area contributed by atoms with Crippen molar-refractivity contribution < 1.29 is 19.4 Å². The van der Waals surface area contributed by atoms with Crippen LogP contribution in [0.5, 0.6) is 0 Å². The molecule has 2 aliphatic rings. The normalized spacial score (nSPS) is 14.8. The molecule has 0 unspecified atom stereocenters. The molecule has 2 fully saturated rings. The molecule has 214 valence electrons. The van der Waals surface area contributed by atoms with E-state index >= 15 is 0 Å². The molecule has 0 radical (unpaired) electrons. The first-order valence-electron chi connectivity index (χ1n) is 13.8. The maximum Gasteiger partial charge on any atom is 0.287 e. The topological polar surface area (TPSA) is 150 Å². The highest BCUT2D eigenvalue weighted by atomic mass is 16.5. The van der Waals surface area contributed by atoms with E-state index in [4.69, 9.17) is 4.74 Å². The average Bonchev–Trinajstić information content (AvgIpc) is 3.88. The number of aliphatic hydroxyl groups excluding tert-OH is 1. The molecule has 2 amide bonds. The van der Waals surface area contributed by atoms with E-state index in [-0.39, 0.29) is 24.1 Å². The van der Waals surface area contributed by atoms with Gasteiger partial charge in [0.05, 0.1) is 31.1 Å². The van der Waals surface area contributed by atoms with Crippen LogP contribution in [0.25, 0.3) is 11.3 Å². The van der Waals surface area contributed by atoms with Crippen molar-refractivity contribution >= 4 is 29.0 Å². The Bertz CT molecular complexity index is 1660. The minimum Gasteiger partial charge on any atom is -0.392 e. The first-order chi connectivity index (χ1) is 20.5. The zero-order valence-electron chi connectivity index (χ0n) is 22.8. The monoisotopic (exact) mass is 566 g/mol. The van der Waals surface area contributed by atoms with Crippen LogP contribution in [0.2, 0.25) is 0 Å². The Hall–Kier alpha value is -4.87. The van der Waals surface area contributed by atoms with E-state index in [1.807, 2.05) is 24.3 Å². The molecule has 0 spiro atoms. The Kier molecular flexibility index (Phi) is 7.76. The minimum absolute atomic E-state index is 0.125. The maximum atomic E-state index is 13.0. The molecule has 2 aromatic heterocycles. The number of benzene rings is 2. The number of amides is 2. The van der Waals surface area contributed by atoms with Gasteiger partial charge in [-0.1, -0.05) is 24.3 Å². The summed E-state index contributed by atoms with van der Waals surface area (Å²) in [4.78, 5) is 44.3. The summed E-state index contributed by atoms with van der Waals surface area (Å²) in [5.74, 6) is 0.554. The first kappa shape index (κ1) is 27.3. The van der Waals surface area contributed by atoms with Gasteiger partial charge in [0.25, 0.3) is 17.4 Å². The number of carbonyl (C=O) groups excluding carboxylic acids is 2. The molecule has 1 saturated carbocycles. The van der Waals surface area contributed by atoms with Gasteiger partial charge >= 0.3 is 0 Å². The van der Waals surface area contributed by atoms with Gasteiger partial charge < -0.3 is 25.4 Å². The predicted octanol–water partition coefficient (Wildman–Crippen LogP) is 3.67. The number of aliphatic hydroxyl groups is 1. The van der Waals surface area contributed by atoms with Gasteiger partial charge in [-0.05, 0) is 60.7 Å². The fourth-order valence-corrected chi connectivity index (χ4v) is 4.95. The molecule has 11 heteroatoms. The molecule has 4 aromatic rings. The summed E-state index contributed by atoms with van der Waals surface area (Å²) in [6, 6.07) is 17.6. The molecule has 1 aliphatic heterocycles. The van der Waals surface area contributed by atoms with Crippen molar-refractivity contribution in [2.75, 3.05) is 36.9 Å². The van der Waals surface area contributed by atoms with Crippen LogP contribution in [0.4, 0.5) is 17.2 Å². The highest BCUT2D eigenvalue weighted by molar-refractivity contribution is 6.05. The highest BCUT2D eigenvalue weighted by Crippen LogP contribution is 2.40. The van der Waals surface area contributed by atoms with E-state index in [9.17, 15) is 19.5 Å². The Labute approximate surface area is 241 Å². The van der Waals surface area contributed by atoms with Crippen LogP contribution >= 0.6 is 0 Å². The zero-order chi connectivity index (χ0) is 29.1. The van der Waals surface area contributed by atoms with Crippen molar-refractivity contribution in [2.24, 2.45) is 0 Å². The fraction of sp³-hybridized carbons (Fsp3) is 0.258. The standard InChI is InChI=1S/C31H30N6O5/c38-18-24-23(2-1-3-25(24)34-29(39)21-8-6-20(7-9-21)19-4-5-19)26-16-27(30(40)36-35-26)33-28-11-10-22(17-32-28)31(41)37-12-14-42-15-13-37/h1-3,6-11,16-17,19,38H,4-5,12-15,18H2,(H,34,39)(H,36,40)(H,32,33,35). The molecule has 4 N–H and O–H groups in total. The van der Waals surface area contributed by atoms with Crippen LogP contribution in [0.1, 0.15) is 50.6 Å². The molecule has 42 heavy (non-hydrogen) atoms. The second-order valence-electron chi connectivity index (χ2n) is 10.3. The lowest BCUT2D eigenvalue weighted by molar-refractivity contribution is 0.0302. The van der Waals surface area contributed by atoms with Crippen LogP contribution in [0, 0.1) is 0 Å². The third-order valence-corrected chi connectivity index (χ3v) is 7.45. The largest absolute Gasteiger partial charge is 0.392 e. The summed E-state index contributed by atoms with van der Waals surface area (Å²) < 4.78 is 5.30. The smallest absolute Gasteiger partial charge is 0.287 e. The zero-order valence-corrected chi connectivity index (χ0v) is 22.8. The summed E-state index contributed by atoms with van der Waals surface area (Å²) in [6.07, 6.45) is 3.84. The van der Waals surface area contributed by atoms with Crippen LogP contribution in [0.3, 0.4) is 0 Å². The maximum absolute atomic E-state index is 13.0. The lowest BCUT2D eigenvalue weighted by atomic mass is 10.0. The number of aromatic nitrogens is 3. The number of nitrogens with one attached hydrogen (secondary N) is 3. The van der Waals surface area contributed by atoms with Gasteiger partial charge in [0.2, 0.25) is 0 Å². The molecular weight excluding hydrogens is 536 g/mol. The Morgan fingerprint density at radius 1 is 1.00 bits per heavy atom. The lowest BCUT2D eigenvalue weighted by Gasteiger charge is -2.26. The number of carbonyl (C=O) groups is 2. The van der Waals surface area contributed by atoms with E-state index in [1.54, 1.807) is 41.3 Å². The van der Waals surface area contributed by atoms with Gasteiger partial charge in [-0.15, -0.1) is 0 Å². The summed E-state index contributed by atoms with van der Waals surface area (Å²) in [6.45, 7) is 1.71. The molecular formula is C31H30N6O5. The quantitative estimate of drug-likeness (QED) is 0.252. The molecule has 0 atom stereocenters. The molecule has 0 bridgehead atoms. The number of anilines is 3. The van der Waals surface area contributed by atoms with Gasteiger partial charge in [0, 0.05) is 41.7 Å². The molecule has 1 aliphatic carbocycles. The highest BCUT2D eigenvalue weighted by Gasteiger charge is 2.23. The average molecular weight is 567 g/mol. The number of morpholine rings is 1. The minimum atomic E-state index is -0.473. The van der Waals surface area contributed by atoms with Gasteiger partial charge in [-0.3, -0.25) is 14.4 Å². The third kappa shape index (κ3) is 5.92. The van der Waals surface area contributed by atoms with Crippen LogP contribution < -0.4 is 16.2 Å². The number of aromatic amines is 1. The molecule has 1 saturated heterocycles. The van der Waals surface area contributed by atoms with Crippen molar-refractivity contribution in [3.05, 3.63) is 99.5 Å². The van der Waals surface area contributed by atoms with Crippen LogP contribution in [-0.2, 0) is 11.3 Å². The number of rotatable bonds is 8. The van der Waals surface area contributed by atoms with Gasteiger partial charge in [0.15, 0.2) is 0 Å². The van der Waals surface area contributed by atoms with E-state index in [2.05, 4.69) is 25.8 Å². The number of nitrogens with zero attached hydrogens (tertiary/aromatic N) is 3. The second kappa shape index (κ2) is 11.9. The Morgan fingerprint density at radius 3 is 2.45 bits per heavy atom. The number of H-pyrrole nitrogens is 1. The van der Waals surface area contributed by atoms with Crippen LogP contribution in [-0.4, -0.2) is 63.3 Å². The van der Waals surface area contributed by atoms with Crippen molar-refractivity contribution in [1.82, 2.24) is 20.1 Å². The van der Waals surface area contributed by atoms with E-state index in [1.165, 1.54) is 24.6 Å². The van der Waals surface area contributed by atoms with Crippen LogP contribution in [0.15, 0.2) is 71.7 Å². The Morgan fingerprint density at radius 2 is 1.76 bits per heavy atom. The summed E-state index contributed by atoms with van der Waals surface area (Å²) >= 11 is 0. The van der Waals surface area contributed by atoms with E-state index in [0.29, 0.717) is 71.7 Å². The van der Waals surface area contributed by atoms with Crippen molar-refractivity contribution in [1.29, 1.82) is 0 Å². The number of hydrogen-bond donors (Lipinski definition) is 4. The SMILES string of the molecule is O=C(Nc1cccc(-c2cc(Nc3ccc(C(=O)N4CCOCC4)cn3)c(=O)[nH]n2)c1CO)c1ccc(C2CC2)cc1. The summed E-state index contributed by atoms with van der Waals surface area (Å²) in [5, 5.41) is 22.8. The van der Waals surface area contributed by atoms with Crippen molar-refractivity contribution in [3.63, 3.8) is 0 Å². The van der Waals surface area contributed by atoms with Gasteiger partial charge in [-0.25, -0.2) is 10.1 Å². The fourth-order valence-electron chi connectivity index (χ4n) is 4.95. The Balaban J connectivity index is 1.20. The first-order valence-corrected chi connectivity index (χ1v) is 13.8. The second-order valence-corrected chi connectivity index (χ2v) is 10.3.